The fourth-order valence-corrected chi connectivity index (χ4v) is 3.55. The second-order valence-corrected chi connectivity index (χ2v) is 7.27. The van der Waals surface area contributed by atoms with Gasteiger partial charge in [-0.15, -0.1) is 11.8 Å². The molecule has 1 heterocycles. The van der Waals surface area contributed by atoms with Crippen LogP contribution in [0.1, 0.15) is 21.8 Å². The quantitative estimate of drug-likeness (QED) is 0.590. The highest BCUT2D eigenvalue weighted by atomic mass is 32.2. The van der Waals surface area contributed by atoms with E-state index in [9.17, 15) is 9.59 Å². The van der Waals surface area contributed by atoms with E-state index in [2.05, 4.69) is 10.5 Å². The average Bonchev–Trinajstić information content (AvgIpc) is 3.17. The Kier molecular flexibility index (Phi) is 6.56. The topological polar surface area (TPSA) is 84.7 Å². The smallest absolute Gasteiger partial charge is 0.413 e. The third-order valence-electron chi connectivity index (χ3n) is 4.14. The molecular weight excluding hydrogens is 390 g/mol. The molecule has 0 bridgehead atoms. The normalized spacial score (nSPS) is 10.4. The lowest BCUT2D eigenvalue weighted by molar-refractivity contribution is 0.102. The molecule has 150 valence electrons. The maximum Gasteiger partial charge on any atom is 0.413 e. The van der Waals surface area contributed by atoms with E-state index in [0.717, 1.165) is 16.3 Å². The van der Waals surface area contributed by atoms with Gasteiger partial charge in [-0.25, -0.2) is 4.79 Å². The molecule has 1 N–H and O–H groups in total. The Balaban J connectivity index is 1.68. The Bertz CT molecular complexity index is 1000. The van der Waals surface area contributed by atoms with Crippen LogP contribution in [0.25, 0.3) is 0 Å². The van der Waals surface area contributed by atoms with Gasteiger partial charge < -0.3 is 14.6 Å². The number of hydrogen-bond acceptors (Lipinski definition) is 6. The second-order valence-electron chi connectivity index (χ2n) is 6.25. The lowest BCUT2D eigenvalue weighted by atomic mass is 10.2. The molecule has 0 aliphatic rings. The lowest BCUT2D eigenvalue weighted by Gasteiger charge is -2.16. The first-order valence-corrected chi connectivity index (χ1v) is 9.83. The minimum absolute atomic E-state index is 0.212. The summed E-state index contributed by atoms with van der Waals surface area (Å²) < 4.78 is 9.92. The molecule has 29 heavy (non-hydrogen) atoms. The van der Waals surface area contributed by atoms with Crippen molar-refractivity contribution in [2.24, 2.45) is 0 Å². The summed E-state index contributed by atoms with van der Waals surface area (Å²) in [6, 6.07) is 16.2. The van der Waals surface area contributed by atoms with Crippen LogP contribution in [-0.4, -0.2) is 31.3 Å². The second kappa shape index (κ2) is 9.29. The third kappa shape index (κ3) is 5.17. The van der Waals surface area contributed by atoms with Gasteiger partial charge in [-0.2, -0.15) is 0 Å². The summed E-state index contributed by atoms with van der Waals surface area (Å²) >= 11 is 1.51. The Hall–Kier alpha value is -3.26. The predicted octanol–water partition coefficient (Wildman–Crippen LogP) is 4.73. The molecule has 7 nitrogen and oxygen atoms in total. The Labute approximate surface area is 173 Å². The van der Waals surface area contributed by atoms with Gasteiger partial charge in [0.25, 0.3) is 5.91 Å². The Morgan fingerprint density at radius 2 is 1.90 bits per heavy atom. The number of thioether (sulfide) groups is 1. The van der Waals surface area contributed by atoms with Gasteiger partial charge in [-0.1, -0.05) is 17.3 Å². The molecule has 2 amide bonds. The fourth-order valence-electron chi connectivity index (χ4n) is 2.62. The first-order valence-electron chi connectivity index (χ1n) is 8.85. The minimum atomic E-state index is -0.463. The number of ether oxygens (including phenoxy) is 1. The van der Waals surface area contributed by atoms with E-state index in [4.69, 9.17) is 9.26 Å². The van der Waals surface area contributed by atoms with E-state index < -0.39 is 6.09 Å². The van der Waals surface area contributed by atoms with Crippen molar-refractivity contribution < 1.29 is 18.8 Å². The van der Waals surface area contributed by atoms with Gasteiger partial charge in [0.1, 0.15) is 5.76 Å². The summed E-state index contributed by atoms with van der Waals surface area (Å²) in [6.07, 6.45) is -0.463. The van der Waals surface area contributed by atoms with E-state index in [1.165, 1.54) is 23.8 Å². The molecule has 0 saturated carbocycles. The molecule has 0 fully saturated rings. The van der Waals surface area contributed by atoms with Crippen molar-refractivity contribution >= 4 is 35.1 Å². The molecule has 0 spiro atoms. The standard InChI is InChI=1S/C21H21N3O4S/c1-14-12-17(28-23-14)13-29-19-7-5-4-6-18(19)20(25)22-15-8-10-16(11-9-15)24(2)21(26)27-3/h4-12H,13H2,1-3H3,(H,22,25). The van der Waals surface area contributed by atoms with Crippen LogP contribution < -0.4 is 10.2 Å². The molecule has 0 radical (unpaired) electrons. The molecule has 3 rings (SSSR count). The van der Waals surface area contributed by atoms with E-state index in [1.807, 2.05) is 31.2 Å². The lowest BCUT2D eigenvalue weighted by Crippen LogP contribution is -2.25. The van der Waals surface area contributed by atoms with Gasteiger partial charge in [0, 0.05) is 29.4 Å². The molecule has 0 unspecified atom stereocenters. The number of benzene rings is 2. The summed E-state index contributed by atoms with van der Waals surface area (Å²) in [5.41, 5.74) is 2.69. The van der Waals surface area contributed by atoms with Gasteiger partial charge in [0.15, 0.2) is 0 Å². The number of amides is 2. The monoisotopic (exact) mass is 411 g/mol. The number of carbonyl (C=O) groups excluding carboxylic acids is 2. The van der Waals surface area contributed by atoms with Crippen molar-refractivity contribution in [1.82, 2.24) is 5.16 Å². The average molecular weight is 411 g/mol. The molecule has 8 heteroatoms. The van der Waals surface area contributed by atoms with Crippen molar-refractivity contribution in [3.05, 3.63) is 71.6 Å². The van der Waals surface area contributed by atoms with Gasteiger partial charge >= 0.3 is 6.09 Å². The molecular formula is C21H21N3O4S. The molecule has 0 atom stereocenters. The number of hydrogen-bond donors (Lipinski definition) is 1. The highest BCUT2D eigenvalue weighted by Gasteiger charge is 2.14. The number of nitrogens with zero attached hydrogens (tertiary/aromatic N) is 2. The number of anilines is 2. The maximum absolute atomic E-state index is 12.8. The van der Waals surface area contributed by atoms with Crippen LogP contribution in [0.2, 0.25) is 0 Å². The largest absolute Gasteiger partial charge is 0.452 e. The highest BCUT2D eigenvalue weighted by Crippen LogP contribution is 2.27. The minimum Gasteiger partial charge on any atom is -0.452 e. The van der Waals surface area contributed by atoms with E-state index in [0.29, 0.717) is 22.7 Å². The zero-order valence-corrected chi connectivity index (χ0v) is 17.2. The highest BCUT2D eigenvalue weighted by molar-refractivity contribution is 7.98. The van der Waals surface area contributed by atoms with Crippen molar-refractivity contribution in [2.75, 3.05) is 24.4 Å². The van der Waals surface area contributed by atoms with Crippen LogP contribution >= 0.6 is 11.8 Å². The third-order valence-corrected chi connectivity index (χ3v) is 5.24. The van der Waals surface area contributed by atoms with Crippen LogP contribution in [0.5, 0.6) is 0 Å². The zero-order valence-electron chi connectivity index (χ0n) is 16.3. The van der Waals surface area contributed by atoms with Crippen molar-refractivity contribution in [3.8, 4) is 0 Å². The molecule has 0 saturated heterocycles. The van der Waals surface area contributed by atoms with Crippen LogP contribution in [0.3, 0.4) is 0 Å². The predicted molar refractivity (Wildman–Crippen MR) is 112 cm³/mol. The number of methoxy groups -OCH3 is 1. The van der Waals surface area contributed by atoms with E-state index in [-0.39, 0.29) is 5.91 Å². The van der Waals surface area contributed by atoms with Crippen LogP contribution in [0, 0.1) is 6.92 Å². The molecule has 3 aromatic rings. The summed E-state index contributed by atoms with van der Waals surface area (Å²) in [6.45, 7) is 1.87. The maximum atomic E-state index is 12.8. The van der Waals surface area contributed by atoms with E-state index in [1.54, 1.807) is 37.4 Å². The van der Waals surface area contributed by atoms with Gasteiger partial charge in [-0.05, 0) is 43.3 Å². The zero-order chi connectivity index (χ0) is 20.8. The van der Waals surface area contributed by atoms with Gasteiger partial charge in [0.2, 0.25) is 0 Å². The number of rotatable bonds is 6. The number of carbonyl (C=O) groups is 2. The Morgan fingerprint density at radius 1 is 1.17 bits per heavy atom. The van der Waals surface area contributed by atoms with Crippen LogP contribution in [-0.2, 0) is 10.5 Å². The molecule has 1 aromatic heterocycles. The SMILES string of the molecule is COC(=O)N(C)c1ccc(NC(=O)c2ccccc2SCc2cc(C)no2)cc1. The first kappa shape index (κ1) is 20.5. The van der Waals surface area contributed by atoms with Crippen LogP contribution in [0.4, 0.5) is 16.2 Å². The van der Waals surface area contributed by atoms with Crippen molar-refractivity contribution in [3.63, 3.8) is 0 Å². The summed E-state index contributed by atoms with van der Waals surface area (Å²) in [5.74, 6) is 1.13. The van der Waals surface area contributed by atoms with Crippen molar-refractivity contribution in [2.45, 2.75) is 17.6 Å². The van der Waals surface area contributed by atoms with Crippen LogP contribution in [0.15, 0.2) is 64.0 Å². The van der Waals surface area contributed by atoms with Crippen molar-refractivity contribution in [1.29, 1.82) is 0 Å². The van der Waals surface area contributed by atoms with E-state index >= 15 is 0 Å². The first-order chi connectivity index (χ1) is 14.0. The molecule has 0 aliphatic heterocycles. The number of aromatic nitrogens is 1. The van der Waals surface area contributed by atoms with Gasteiger partial charge in [0.05, 0.1) is 24.1 Å². The summed E-state index contributed by atoms with van der Waals surface area (Å²) in [5, 5.41) is 6.77. The molecule has 2 aromatic carbocycles. The fraction of sp³-hybridized carbons (Fsp3) is 0.190. The molecule has 0 aliphatic carbocycles. The summed E-state index contributed by atoms with van der Waals surface area (Å²) in [4.78, 5) is 26.6. The summed E-state index contributed by atoms with van der Waals surface area (Å²) in [7, 11) is 2.94. The number of aryl methyl sites for hydroxylation is 1. The van der Waals surface area contributed by atoms with Gasteiger partial charge in [-0.3, -0.25) is 9.69 Å². The number of nitrogens with one attached hydrogen (secondary N) is 1. The Morgan fingerprint density at radius 3 is 2.55 bits per heavy atom.